The van der Waals surface area contributed by atoms with Crippen molar-refractivity contribution in [2.45, 2.75) is 38.6 Å². The fraction of sp³-hybridized carbons (Fsp3) is 0.409. The molecule has 2 aromatic rings. The van der Waals surface area contributed by atoms with E-state index in [0.717, 1.165) is 36.4 Å². The number of ether oxygens (including phenoxy) is 1. The molecule has 1 amide bonds. The fourth-order valence-electron chi connectivity index (χ4n) is 2.80. The Balaban J connectivity index is 1.99. The lowest BCUT2D eigenvalue weighted by molar-refractivity contribution is -0.118. The molecule has 27 heavy (non-hydrogen) atoms. The van der Waals surface area contributed by atoms with E-state index in [1.165, 1.54) is 12.8 Å². The molecule has 4 nitrogen and oxygen atoms in total. The number of para-hydroxylation sites is 1. The number of benzene rings is 2. The summed E-state index contributed by atoms with van der Waals surface area (Å²) >= 11 is 5.55. The molecule has 1 unspecified atom stereocenters. The lowest BCUT2D eigenvalue weighted by Crippen LogP contribution is -2.27. The summed E-state index contributed by atoms with van der Waals surface area (Å²) in [6.45, 7) is 3.50. The van der Waals surface area contributed by atoms with Crippen molar-refractivity contribution in [3.63, 3.8) is 0 Å². The second-order valence-electron chi connectivity index (χ2n) is 6.46. The third kappa shape index (κ3) is 7.92. The molecule has 0 heterocycles. The molecule has 0 aliphatic rings. The molecule has 5 heteroatoms. The van der Waals surface area contributed by atoms with Crippen molar-refractivity contribution < 1.29 is 9.53 Å². The van der Waals surface area contributed by atoms with Crippen LogP contribution in [-0.2, 0) is 4.79 Å². The monoisotopic (exact) mass is 388 g/mol. The van der Waals surface area contributed by atoms with E-state index >= 15 is 0 Å². The number of unbranched alkanes of at least 4 members (excludes halogenated alkanes) is 2. The Bertz CT molecular complexity index is 662. The molecule has 2 N–H and O–H groups in total. The van der Waals surface area contributed by atoms with Crippen LogP contribution in [0.5, 0.6) is 5.75 Å². The van der Waals surface area contributed by atoms with E-state index in [9.17, 15) is 4.79 Å². The largest absolute Gasteiger partial charge is 0.494 e. The highest BCUT2D eigenvalue weighted by molar-refractivity contribution is 6.27. The number of anilines is 1. The standard InChI is InChI=1S/C22H29ClN2O2/c1-2-3-7-16-27-20-12-10-18(11-13-20)21(14-15-24-22(26)17-23)25-19-8-5-4-6-9-19/h4-6,8-13,21,25H,2-3,7,14-17H2,1H3,(H,24,26). The second-order valence-corrected chi connectivity index (χ2v) is 6.73. The fourth-order valence-corrected chi connectivity index (χ4v) is 2.89. The van der Waals surface area contributed by atoms with Gasteiger partial charge in [0.15, 0.2) is 0 Å². The summed E-state index contributed by atoms with van der Waals surface area (Å²) in [5, 5.41) is 6.38. The average Bonchev–Trinajstić information content (AvgIpc) is 2.71. The summed E-state index contributed by atoms with van der Waals surface area (Å²) in [5.41, 5.74) is 2.20. The third-order valence-corrected chi connectivity index (χ3v) is 4.53. The zero-order chi connectivity index (χ0) is 19.3. The van der Waals surface area contributed by atoms with Crippen LogP contribution in [0.15, 0.2) is 54.6 Å². The van der Waals surface area contributed by atoms with Gasteiger partial charge in [0.05, 0.1) is 12.6 Å². The molecule has 0 radical (unpaired) electrons. The van der Waals surface area contributed by atoms with E-state index in [1.54, 1.807) is 0 Å². The van der Waals surface area contributed by atoms with Crippen molar-refractivity contribution in [1.29, 1.82) is 0 Å². The van der Waals surface area contributed by atoms with Gasteiger partial charge in [-0.15, -0.1) is 11.6 Å². The number of hydrogen-bond donors (Lipinski definition) is 2. The molecule has 0 aromatic heterocycles. The van der Waals surface area contributed by atoms with Crippen molar-refractivity contribution in [1.82, 2.24) is 5.32 Å². The van der Waals surface area contributed by atoms with Crippen LogP contribution in [0.4, 0.5) is 5.69 Å². The summed E-state index contributed by atoms with van der Waals surface area (Å²) in [5.74, 6) is 0.732. The first-order valence-electron chi connectivity index (χ1n) is 9.60. The highest BCUT2D eigenvalue weighted by Gasteiger charge is 2.12. The quantitative estimate of drug-likeness (QED) is 0.390. The van der Waals surface area contributed by atoms with E-state index in [-0.39, 0.29) is 17.8 Å². The minimum atomic E-state index is -0.147. The van der Waals surface area contributed by atoms with Crippen molar-refractivity contribution in [3.8, 4) is 5.75 Å². The van der Waals surface area contributed by atoms with E-state index in [2.05, 4.69) is 29.7 Å². The molecule has 0 bridgehead atoms. The van der Waals surface area contributed by atoms with Gasteiger partial charge in [0.25, 0.3) is 0 Å². The predicted octanol–water partition coefficient (Wildman–Crippen LogP) is 5.15. The minimum Gasteiger partial charge on any atom is -0.494 e. The van der Waals surface area contributed by atoms with Crippen LogP contribution in [0.3, 0.4) is 0 Å². The molecule has 0 aliphatic heterocycles. The van der Waals surface area contributed by atoms with Crippen LogP contribution < -0.4 is 15.4 Å². The maximum atomic E-state index is 11.4. The lowest BCUT2D eigenvalue weighted by atomic mass is 10.0. The van der Waals surface area contributed by atoms with E-state index in [1.807, 2.05) is 42.5 Å². The van der Waals surface area contributed by atoms with Gasteiger partial charge >= 0.3 is 0 Å². The zero-order valence-corrected chi connectivity index (χ0v) is 16.7. The van der Waals surface area contributed by atoms with Gasteiger partial charge in [-0.25, -0.2) is 0 Å². The summed E-state index contributed by atoms with van der Waals surface area (Å²) in [6, 6.07) is 18.3. The Hall–Kier alpha value is -2.20. The number of nitrogens with one attached hydrogen (secondary N) is 2. The number of halogens is 1. The number of carbonyl (C=O) groups excluding carboxylic acids is 1. The molecule has 0 spiro atoms. The number of hydrogen-bond acceptors (Lipinski definition) is 3. The first-order chi connectivity index (χ1) is 13.2. The van der Waals surface area contributed by atoms with Crippen LogP contribution in [0.1, 0.15) is 44.2 Å². The maximum absolute atomic E-state index is 11.4. The Morgan fingerprint density at radius 3 is 2.48 bits per heavy atom. The van der Waals surface area contributed by atoms with Gasteiger partial charge in [-0.05, 0) is 42.7 Å². The third-order valence-electron chi connectivity index (χ3n) is 4.29. The molecule has 0 saturated heterocycles. The number of alkyl halides is 1. The molecule has 0 aliphatic carbocycles. The summed E-state index contributed by atoms with van der Waals surface area (Å²) in [6.07, 6.45) is 4.22. The smallest absolute Gasteiger partial charge is 0.234 e. The van der Waals surface area contributed by atoms with Gasteiger partial charge in [0, 0.05) is 12.2 Å². The Morgan fingerprint density at radius 1 is 1.07 bits per heavy atom. The summed E-state index contributed by atoms with van der Waals surface area (Å²) < 4.78 is 5.80. The van der Waals surface area contributed by atoms with Gasteiger partial charge in [-0.2, -0.15) is 0 Å². The topological polar surface area (TPSA) is 50.4 Å². The Morgan fingerprint density at radius 2 is 1.81 bits per heavy atom. The second kappa shape index (κ2) is 12.2. The average molecular weight is 389 g/mol. The van der Waals surface area contributed by atoms with Gasteiger partial charge in [0.2, 0.25) is 5.91 Å². The van der Waals surface area contributed by atoms with Crippen LogP contribution in [0, 0.1) is 0 Å². The van der Waals surface area contributed by atoms with Crippen molar-refractivity contribution in [2.24, 2.45) is 0 Å². The first kappa shape index (κ1) is 21.1. The van der Waals surface area contributed by atoms with Gasteiger partial charge in [-0.1, -0.05) is 50.1 Å². The first-order valence-corrected chi connectivity index (χ1v) is 10.1. The lowest BCUT2D eigenvalue weighted by Gasteiger charge is -2.21. The van der Waals surface area contributed by atoms with Crippen LogP contribution in [0.25, 0.3) is 0 Å². The van der Waals surface area contributed by atoms with Crippen molar-refractivity contribution in [2.75, 3.05) is 24.3 Å². The van der Waals surface area contributed by atoms with Gasteiger partial charge < -0.3 is 15.4 Å². The molecule has 2 rings (SSSR count). The van der Waals surface area contributed by atoms with E-state index in [4.69, 9.17) is 16.3 Å². The molecule has 1 atom stereocenters. The predicted molar refractivity (Wildman–Crippen MR) is 113 cm³/mol. The van der Waals surface area contributed by atoms with Gasteiger partial charge in [-0.3, -0.25) is 4.79 Å². The van der Waals surface area contributed by atoms with Gasteiger partial charge in [0.1, 0.15) is 11.6 Å². The number of rotatable bonds is 12. The number of carbonyl (C=O) groups is 1. The molecular formula is C22H29ClN2O2. The summed E-state index contributed by atoms with van der Waals surface area (Å²) in [7, 11) is 0. The molecule has 146 valence electrons. The summed E-state index contributed by atoms with van der Waals surface area (Å²) in [4.78, 5) is 11.4. The maximum Gasteiger partial charge on any atom is 0.234 e. The minimum absolute atomic E-state index is 0.0130. The SMILES string of the molecule is CCCCCOc1ccc(C(CCNC(=O)CCl)Nc2ccccc2)cc1. The zero-order valence-electron chi connectivity index (χ0n) is 15.9. The molecule has 0 fully saturated rings. The van der Waals surface area contributed by atoms with E-state index in [0.29, 0.717) is 6.54 Å². The Labute approximate surface area is 167 Å². The highest BCUT2D eigenvalue weighted by Crippen LogP contribution is 2.24. The van der Waals surface area contributed by atoms with E-state index < -0.39 is 0 Å². The number of amides is 1. The molecule has 0 saturated carbocycles. The highest BCUT2D eigenvalue weighted by atomic mass is 35.5. The normalized spacial score (nSPS) is 11.6. The van der Waals surface area contributed by atoms with Crippen LogP contribution in [-0.4, -0.2) is 24.9 Å². The van der Waals surface area contributed by atoms with Crippen LogP contribution >= 0.6 is 11.6 Å². The van der Waals surface area contributed by atoms with Crippen molar-refractivity contribution in [3.05, 3.63) is 60.2 Å². The van der Waals surface area contributed by atoms with Crippen molar-refractivity contribution >= 4 is 23.2 Å². The Kier molecular flexibility index (Phi) is 9.56. The molecular weight excluding hydrogens is 360 g/mol. The molecule has 2 aromatic carbocycles. The van der Waals surface area contributed by atoms with Crippen LogP contribution in [0.2, 0.25) is 0 Å².